The van der Waals surface area contributed by atoms with Crippen molar-refractivity contribution >= 4 is 11.7 Å². The molecule has 0 radical (unpaired) electrons. The lowest BCUT2D eigenvalue weighted by molar-refractivity contribution is 0.244. The van der Waals surface area contributed by atoms with Crippen LogP contribution in [0.25, 0.3) is 0 Å². The maximum atomic E-state index is 12.3. The second kappa shape index (κ2) is 7.12. The Morgan fingerprint density at radius 2 is 1.77 bits per heavy atom. The van der Waals surface area contributed by atoms with Gasteiger partial charge in [-0.25, -0.2) is 4.79 Å². The molecule has 3 nitrogen and oxygen atoms in total. The maximum Gasteiger partial charge on any atom is 0.321 e. The highest BCUT2D eigenvalue weighted by atomic mass is 16.2. The van der Waals surface area contributed by atoms with Gasteiger partial charge in [0.05, 0.1) is 0 Å². The van der Waals surface area contributed by atoms with Crippen LogP contribution in [0.2, 0.25) is 0 Å². The van der Waals surface area contributed by atoms with Gasteiger partial charge >= 0.3 is 6.03 Å². The molecule has 0 aliphatic heterocycles. The first-order valence-corrected chi connectivity index (χ1v) is 7.62. The van der Waals surface area contributed by atoms with E-state index in [4.69, 9.17) is 0 Å². The molecule has 0 aliphatic rings. The third-order valence-corrected chi connectivity index (χ3v) is 3.73. The van der Waals surface area contributed by atoms with Crippen molar-refractivity contribution in [3.63, 3.8) is 0 Å². The summed E-state index contributed by atoms with van der Waals surface area (Å²) >= 11 is 0. The van der Waals surface area contributed by atoms with Gasteiger partial charge in [0.2, 0.25) is 0 Å². The Morgan fingerprint density at radius 1 is 1.09 bits per heavy atom. The van der Waals surface area contributed by atoms with Gasteiger partial charge in [0.15, 0.2) is 0 Å². The van der Waals surface area contributed by atoms with Crippen LogP contribution >= 0.6 is 0 Å². The fourth-order valence-corrected chi connectivity index (χ4v) is 2.39. The molecular formula is C19H24N2O. The summed E-state index contributed by atoms with van der Waals surface area (Å²) in [5, 5.41) is 3.05. The van der Waals surface area contributed by atoms with Crippen LogP contribution in [0.5, 0.6) is 0 Å². The summed E-state index contributed by atoms with van der Waals surface area (Å²) in [4.78, 5) is 14.0. The lowest BCUT2D eigenvalue weighted by atomic mass is 10.1. The lowest BCUT2D eigenvalue weighted by Gasteiger charge is -2.22. The molecule has 0 saturated heterocycles. The SMILES string of the molecule is Cc1ccc(CC(C)NC(=O)N(C)c2cccc(C)c2)cc1. The molecule has 1 unspecified atom stereocenters. The van der Waals surface area contributed by atoms with Gasteiger partial charge in [-0.2, -0.15) is 0 Å². The van der Waals surface area contributed by atoms with Gasteiger partial charge in [-0.1, -0.05) is 42.0 Å². The highest BCUT2D eigenvalue weighted by molar-refractivity contribution is 5.91. The molecule has 1 N–H and O–H groups in total. The van der Waals surface area contributed by atoms with Crippen LogP contribution in [0.3, 0.4) is 0 Å². The molecule has 22 heavy (non-hydrogen) atoms. The Kier molecular flexibility index (Phi) is 5.21. The molecule has 0 heterocycles. The number of hydrogen-bond donors (Lipinski definition) is 1. The number of carbonyl (C=O) groups is 1. The van der Waals surface area contributed by atoms with E-state index >= 15 is 0 Å². The highest BCUT2D eigenvalue weighted by Gasteiger charge is 2.13. The monoisotopic (exact) mass is 296 g/mol. The highest BCUT2D eigenvalue weighted by Crippen LogP contribution is 2.14. The largest absolute Gasteiger partial charge is 0.335 e. The van der Waals surface area contributed by atoms with E-state index < -0.39 is 0 Å². The molecule has 2 rings (SSSR count). The predicted octanol–water partition coefficient (Wildman–Crippen LogP) is 4.08. The first-order chi connectivity index (χ1) is 10.5. The smallest absolute Gasteiger partial charge is 0.321 e. The Balaban J connectivity index is 1.94. The zero-order chi connectivity index (χ0) is 16.1. The molecule has 3 heteroatoms. The standard InChI is InChI=1S/C19H24N2O/c1-14-8-10-17(11-9-14)13-16(3)20-19(22)21(4)18-7-5-6-15(2)12-18/h5-12,16H,13H2,1-4H3,(H,20,22). The Bertz CT molecular complexity index is 634. The number of carbonyl (C=O) groups excluding carboxylic acids is 1. The number of aryl methyl sites for hydroxylation is 2. The third kappa shape index (κ3) is 4.35. The fourth-order valence-electron chi connectivity index (χ4n) is 2.39. The van der Waals surface area contributed by atoms with E-state index in [-0.39, 0.29) is 12.1 Å². The topological polar surface area (TPSA) is 32.3 Å². The second-order valence-corrected chi connectivity index (χ2v) is 5.94. The second-order valence-electron chi connectivity index (χ2n) is 5.94. The van der Waals surface area contributed by atoms with E-state index in [2.05, 4.69) is 36.5 Å². The number of nitrogens with zero attached hydrogens (tertiary/aromatic N) is 1. The lowest BCUT2D eigenvalue weighted by Crippen LogP contribution is -2.42. The van der Waals surface area contributed by atoms with Gasteiger partial charge in [0.1, 0.15) is 0 Å². The molecule has 1 atom stereocenters. The van der Waals surface area contributed by atoms with Crippen LogP contribution in [0.4, 0.5) is 10.5 Å². The summed E-state index contributed by atoms with van der Waals surface area (Å²) in [6.07, 6.45) is 0.827. The van der Waals surface area contributed by atoms with Gasteiger partial charge in [-0.05, 0) is 50.5 Å². The molecule has 2 aromatic rings. The van der Waals surface area contributed by atoms with Crippen LogP contribution in [0, 0.1) is 13.8 Å². The van der Waals surface area contributed by atoms with Crippen molar-refractivity contribution < 1.29 is 4.79 Å². The average Bonchev–Trinajstić information content (AvgIpc) is 2.48. The van der Waals surface area contributed by atoms with E-state index in [1.54, 1.807) is 11.9 Å². The van der Waals surface area contributed by atoms with E-state index in [0.717, 1.165) is 17.7 Å². The maximum absolute atomic E-state index is 12.3. The number of amides is 2. The normalized spacial score (nSPS) is 11.8. The quantitative estimate of drug-likeness (QED) is 0.906. The number of rotatable bonds is 4. The van der Waals surface area contributed by atoms with Crippen molar-refractivity contribution in [3.05, 3.63) is 65.2 Å². The number of anilines is 1. The van der Waals surface area contributed by atoms with Crippen LogP contribution in [0.1, 0.15) is 23.6 Å². The summed E-state index contributed by atoms with van der Waals surface area (Å²) in [5.41, 5.74) is 4.53. The van der Waals surface area contributed by atoms with Crippen molar-refractivity contribution in [2.45, 2.75) is 33.2 Å². The predicted molar refractivity (Wildman–Crippen MR) is 92.5 cm³/mol. The Hall–Kier alpha value is -2.29. The molecule has 2 aromatic carbocycles. The Morgan fingerprint density at radius 3 is 2.41 bits per heavy atom. The minimum atomic E-state index is -0.0785. The van der Waals surface area contributed by atoms with Crippen molar-refractivity contribution in [2.75, 3.05) is 11.9 Å². The van der Waals surface area contributed by atoms with Crippen LogP contribution in [-0.2, 0) is 6.42 Å². The van der Waals surface area contributed by atoms with E-state index in [1.165, 1.54) is 11.1 Å². The van der Waals surface area contributed by atoms with Crippen LogP contribution in [0.15, 0.2) is 48.5 Å². The molecule has 0 spiro atoms. The minimum Gasteiger partial charge on any atom is -0.335 e. The molecule has 0 aliphatic carbocycles. The molecule has 2 amide bonds. The first kappa shape index (κ1) is 16.1. The zero-order valence-electron chi connectivity index (χ0n) is 13.8. The summed E-state index contributed by atoms with van der Waals surface area (Å²) in [5.74, 6) is 0. The van der Waals surface area contributed by atoms with Crippen LogP contribution < -0.4 is 10.2 Å². The van der Waals surface area contributed by atoms with Crippen molar-refractivity contribution in [1.82, 2.24) is 5.32 Å². The molecular weight excluding hydrogens is 272 g/mol. The summed E-state index contributed by atoms with van der Waals surface area (Å²) in [6, 6.07) is 16.4. The molecule has 0 saturated carbocycles. The van der Waals surface area contributed by atoms with E-state index in [1.807, 2.05) is 38.1 Å². The number of hydrogen-bond acceptors (Lipinski definition) is 1. The number of nitrogens with one attached hydrogen (secondary N) is 1. The van der Waals surface area contributed by atoms with Crippen molar-refractivity contribution in [1.29, 1.82) is 0 Å². The molecule has 0 aromatic heterocycles. The molecule has 0 fully saturated rings. The van der Waals surface area contributed by atoms with E-state index in [9.17, 15) is 4.79 Å². The van der Waals surface area contributed by atoms with E-state index in [0.29, 0.717) is 0 Å². The van der Waals surface area contributed by atoms with Crippen molar-refractivity contribution in [3.8, 4) is 0 Å². The molecule has 116 valence electrons. The van der Waals surface area contributed by atoms with Gasteiger partial charge in [-0.15, -0.1) is 0 Å². The van der Waals surface area contributed by atoms with Gasteiger partial charge in [-0.3, -0.25) is 4.90 Å². The van der Waals surface area contributed by atoms with Gasteiger partial charge < -0.3 is 5.32 Å². The van der Waals surface area contributed by atoms with Gasteiger partial charge in [0, 0.05) is 18.8 Å². The first-order valence-electron chi connectivity index (χ1n) is 7.62. The third-order valence-electron chi connectivity index (χ3n) is 3.73. The molecule has 0 bridgehead atoms. The number of benzene rings is 2. The zero-order valence-corrected chi connectivity index (χ0v) is 13.8. The number of urea groups is 1. The van der Waals surface area contributed by atoms with Crippen molar-refractivity contribution in [2.24, 2.45) is 0 Å². The fraction of sp³-hybridized carbons (Fsp3) is 0.316. The van der Waals surface area contributed by atoms with Gasteiger partial charge in [0.25, 0.3) is 0 Å². The summed E-state index contributed by atoms with van der Waals surface area (Å²) < 4.78 is 0. The summed E-state index contributed by atoms with van der Waals surface area (Å²) in [7, 11) is 1.79. The van der Waals surface area contributed by atoms with Crippen LogP contribution in [-0.4, -0.2) is 19.1 Å². The minimum absolute atomic E-state index is 0.0785. The summed E-state index contributed by atoms with van der Waals surface area (Å²) in [6.45, 7) is 6.13. The average molecular weight is 296 g/mol. The Labute approximate surface area is 133 Å².